The van der Waals surface area contributed by atoms with Gasteiger partial charge in [-0.05, 0) is 33.9 Å². The molecule has 0 aliphatic carbocycles. The van der Waals surface area contributed by atoms with Crippen LogP contribution < -0.4 is 0 Å². The molecule has 0 fully saturated rings. The third kappa shape index (κ3) is 16.6. The van der Waals surface area contributed by atoms with E-state index in [2.05, 4.69) is 17.5 Å². The quantitative estimate of drug-likeness (QED) is 0.599. The van der Waals surface area contributed by atoms with E-state index in [-0.39, 0.29) is 6.61 Å². The third-order valence-electron chi connectivity index (χ3n) is 1.32. The fourth-order valence-corrected chi connectivity index (χ4v) is 2.79. The highest BCUT2D eigenvalue weighted by Crippen LogP contribution is 2.04. The van der Waals surface area contributed by atoms with E-state index < -0.39 is 17.6 Å². The SMILES string of the molecule is CCO[Si](C)(C)OCC.CCO[Si](O)(O)O. The van der Waals surface area contributed by atoms with Gasteiger partial charge in [0.15, 0.2) is 0 Å². The molecule has 8 heteroatoms. The second kappa shape index (κ2) is 9.25. The van der Waals surface area contributed by atoms with Gasteiger partial charge in [0.05, 0.1) is 0 Å². The molecule has 6 nitrogen and oxygen atoms in total. The fourth-order valence-electron chi connectivity index (χ4n) is 0.931. The van der Waals surface area contributed by atoms with Crippen LogP contribution in [0, 0.1) is 0 Å². The molecule has 0 aromatic rings. The molecule has 0 atom stereocenters. The van der Waals surface area contributed by atoms with E-state index in [0.717, 1.165) is 13.2 Å². The molecule has 0 aliphatic heterocycles. The maximum absolute atomic E-state index is 8.05. The molecule has 0 amide bonds. The monoisotopic (exact) mass is 272 g/mol. The van der Waals surface area contributed by atoms with Crippen LogP contribution >= 0.6 is 0 Å². The lowest BCUT2D eigenvalue weighted by Gasteiger charge is -2.20. The Morgan fingerprint density at radius 2 is 1.06 bits per heavy atom. The summed E-state index contributed by atoms with van der Waals surface area (Å²) < 4.78 is 14.8. The van der Waals surface area contributed by atoms with Crippen LogP contribution in [0.25, 0.3) is 0 Å². The molecule has 0 unspecified atom stereocenters. The maximum Gasteiger partial charge on any atom is 0.671 e. The second-order valence-corrected chi connectivity index (χ2v) is 8.09. The minimum absolute atomic E-state index is 0.121. The van der Waals surface area contributed by atoms with Gasteiger partial charge in [-0.2, -0.15) is 0 Å². The van der Waals surface area contributed by atoms with Crippen molar-refractivity contribution in [2.75, 3.05) is 19.8 Å². The van der Waals surface area contributed by atoms with Crippen LogP contribution in [0.2, 0.25) is 13.1 Å². The van der Waals surface area contributed by atoms with Gasteiger partial charge in [-0.1, -0.05) is 0 Å². The summed E-state index contributed by atoms with van der Waals surface area (Å²) in [5.41, 5.74) is 0. The lowest BCUT2D eigenvalue weighted by Crippen LogP contribution is -2.38. The molecule has 3 N–H and O–H groups in total. The van der Waals surface area contributed by atoms with Gasteiger partial charge in [-0.25, -0.2) is 0 Å². The predicted molar refractivity (Wildman–Crippen MR) is 64.8 cm³/mol. The summed E-state index contributed by atoms with van der Waals surface area (Å²) >= 11 is 0. The van der Waals surface area contributed by atoms with Crippen molar-refractivity contribution in [1.29, 1.82) is 0 Å². The first-order valence-corrected chi connectivity index (χ1v) is 9.84. The van der Waals surface area contributed by atoms with E-state index in [4.69, 9.17) is 23.2 Å². The van der Waals surface area contributed by atoms with Gasteiger partial charge in [0.1, 0.15) is 0 Å². The second-order valence-electron chi connectivity index (χ2n) is 3.27. The summed E-state index contributed by atoms with van der Waals surface area (Å²) in [6.45, 7) is 11.3. The summed E-state index contributed by atoms with van der Waals surface area (Å²) in [7, 11) is -5.86. The third-order valence-corrected chi connectivity index (χ3v) is 3.97. The lowest BCUT2D eigenvalue weighted by molar-refractivity contribution is 0.0687. The van der Waals surface area contributed by atoms with Crippen LogP contribution in [0.15, 0.2) is 0 Å². The van der Waals surface area contributed by atoms with Crippen LogP contribution in [0.4, 0.5) is 0 Å². The molecule has 16 heavy (non-hydrogen) atoms. The Morgan fingerprint density at radius 1 is 0.750 bits per heavy atom. The number of hydrogen-bond acceptors (Lipinski definition) is 6. The molecule has 0 spiro atoms. The smallest absolute Gasteiger partial charge is 0.395 e. The highest BCUT2D eigenvalue weighted by atomic mass is 28.4. The summed E-state index contributed by atoms with van der Waals surface area (Å²) in [5.74, 6) is 0. The van der Waals surface area contributed by atoms with Crippen molar-refractivity contribution in [3.8, 4) is 0 Å². The van der Waals surface area contributed by atoms with E-state index in [1.54, 1.807) is 6.92 Å². The zero-order chi connectivity index (χ0) is 13.2. The van der Waals surface area contributed by atoms with Gasteiger partial charge in [0, 0.05) is 19.8 Å². The molecule has 0 bridgehead atoms. The van der Waals surface area contributed by atoms with Gasteiger partial charge >= 0.3 is 17.6 Å². The van der Waals surface area contributed by atoms with Gasteiger partial charge in [0.2, 0.25) is 0 Å². The lowest BCUT2D eigenvalue weighted by atomic mass is 10.9. The molecule has 0 saturated carbocycles. The Labute approximate surface area is 99.5 Å². The molecular formula is C8H24O6Si2. The summed E-state index contributed by atoms with van der Waals surface area (Å²) in [5, 5.41) is 0. The van der Waals surface area contributed by atoms with Crippen molar-refractivity contribution in [3.05, 3.63) is 0 Å². The zero-order valence-corrected chi connectivity index (χ0v) is 12.7. The maximum atomic E-state index is 8.05. The van der Waals surface area contributed by atoms with Crippen LogP contribution in [0.3, 0.4) is 0 Å². The Bertz CT molecular complexity index is 151. The minimum atomic E-state index is -4.16. The molecular weight excluding hydrogens is 248 g/mol. The summed E-state index contributed by atoms with van der Waals surface area (Å²) in [4.78, 5) is 24.1. The highest BCUT2D eigenvalue weighted by molar-refractivity contribution is 6.64. The van der Waals surface area contributed by atoms with Crippen LogP contribution in [0.1, 0.15) is 20.8 Å². The molecule has 0 rings (SSSR count). The standard InChI is InChI=1S/C6H16O2Si.C2H8O4Si/c1-5-7-9(3,4)8-6-2;1-2-6-7(3,4)5/h5-6H2,1-4H3;3-5H,2H2,1H3. The Hall–Kier alpha value is 0.194. The topological polar surface area (TPSA) is 88.4 Å². The van der Waals surface area contributed by atoms with E-state index in [9.17, 15) is 0 Å². The summed E-state index contributed by atoms with van der Waals surface area (Å²) in [6.07, 6.45) is 0. The number of hydrogen-bond donors (Lipinski definition) is 3. The van der Waals surface area contributed by atoms with Crippen molar-refractivity contribution in [2.24, 2.45) is 0 Å². The summed E-state index contributed by atoms with van der Waals surface area (Å²) in [6, 6.07) is 0. The molecule has 0 heterocycles. The molecule has 0 aliphatic rings. The van der Waals surface area contributed by atoms with Crippen molar-refractivity contribution in [1.82, 2.24) is 0 Å². The first-order chi connectivity index (χ1) is 7.18. The van der Waals surface area contributed by atoms with Crippen LogP contribution in [0.5, 0.6) is 0 Å². The van der Waals surface area contributed by atoms with Crippen molar-refractivity contribution >= 4 is 17.6 Å². The Morgan fingerprint density at radius 3 is 1.19 bits per heavy atom. The molecule has 0 saturated heterocycles. The van der Waals surface area contributed by atoms with Gasteiger partial charge in [-0.3, -0.25) is 0 Å². The van der Waals surface area contributed by atoms with Crippen LogP contribution in [-0.4, -0.2) is 51.8 Å². The Kier molecular flexibility index (Phi) is 10.7. The van der Waals surface area contributed by atoms with Gasteiger partial charge < -0.3 is 27.7 Å². The largest absolute Gasteiger partial charge is 0.671 e. The van der Waals surface area contributed by atoms with Crippen molar-refractivity contribution in [3.63, 3.8) is 0 Å². The zero-order valence-electron chi connectivity index (χ0n) is 10.7. The van der Waals surface area contributed by atoms with Crippen molar-refractivity contribution < 1.29 is 27.7 Å². The fraction of sp³-hybridized carbons (Fsp3) is 1.00. The van der Waals surface area contributed by atoms with E-state index in [1.165, 1.54) is 0 Å². The first-order valence-electron chi connectivity index (χ1n) is 5.27. The van der Waals surface area contributed by atoms with Gasteiger partial charge in [-0.15, -0.1) is 0 Å². The first kappa shape index (κ1) is 18.6. The van der Waals surface area contributed by atoms with Crippen LogP contribution in [-0.2, 0) is 13.3 Å². The van der Waals surface area contributed by atoms with Crippen molar-refractivity contribution in [2.45, 2.75) is 33.9 Å². The Balaban J connectivity index is 0. The molecule has 0 aromatic heterocycles. The average Bonchev–Trinajstić information content (AvgIpc) is 2.01. The average molecular weight is 272 g/mol. The molecule has 100 valence electrons. The molecule has 0 aromatic carbocycles. The van der Waals surface area contributed by atoms with E-state index in [0.29, 0.717) is 0 Å². The normalized spacial score (nSPS) is 12.0. The van der Waals surface area contributed by atoms with E-state index in [1.807, 2.05) is 13.8 Å². The van der Waals surface area contributed by atoms with E-state index >= 15 is 0 Å². The minimum Gasteiger partial charge on any atom is -0.395 e. The molecule has 0 radical (unpaired) electrons. The predicted octanol–water partition coefficient (Wildman–Crippen LogP) is 0.197. The van der Waals surface area contributed by atoms with Gasteiger partial charge in [0.25, 0.3) is 0 Å². The highest BCUT2D eigenvalue weighted by Gasteiger charge is 2.29. The number of rotatable bonds is 6.